The Balaban J connectivity index is 4.18. The third kappa shape index (κ3) is 7.14. The zero-order valence-corrected chi connectivity index (χ0v) is 7.54. The summed E-state index contributed by atoms with van der Waals surface area (Å²) in [7, 11) is 0. The topological polar surface area (TPSA) is 86.6 Å². The van der Waals surface area contributed by atoms with Crippen LogP contribution in [0.25, 0.3) is 0 Å². The molecule has 5 nitrogen and oxygen atoms in total. The Morgan fingerprint density at radius 2 is 2.00 bits per heavy atom. The van der Waals surface area contributed by atoms with Crippen LogP contribution in [0.15, 0.2) is 11.8 Å². The molecule has 0 aromatic rings. The summed E-state index contributed by atoms with van der Waals surface area (Å²) in [6.07, 6.45) is 0.476. The Kier molecular flexibility index (Phi) is 5.71. The second kappa shape index (κ2) is 6.30. The molecule has 0 unspecified atom stereocenters. The number of hydrogen-bond donors (Lipinski definition) is 3. The van der Waals surface area contributed by atoms with Crippen molar-refractivity contribution >= 4 is 23.5 Å². The van der Waals surface area contributed by atoms with Crippen molar-refractivity contribution in [1.82, 2.24) is 5.32 Å². The smallest absolute Gasteiger partial charge is 0.330 e. The maximum absolute atomic E-state index is 10.2. The molecule has 0 aliphatic carbocycles. The highest BCUT2D eigenvalue weighted by molar-refractivity contribution is 6.18. The van der Waals surface area contributed by atoms with Crippen LogP contribution in [0.3, 0.4) is 0 Å². The minimum Gasteiger partial charge on any atom is -0.481 e. The van der Waals surface area contributed by atoms with E-state index in [-0.39, 0.29) is 18.0 Å². The zero-order chi connectivity index (χ0) is 10.3. The van der Waals surface area contributed by atoms with Crippen molar-refractivity contribution in [1.29, 1.82) is 0 Å². The summed E-state index contributed by atoms with van der Waals surface area (Å²) in [5, 5.41) is 19.3. The van der Waals surface area contributed by atoms with Crippen LogP contribution in [0.4, 0.5) is 0 Å². The predicted molar refractivity (Wildman–Crippen MR) is 46.7 cm³/mol. The lowest BCUT2D eigenvalue weighted by Gasteiger charge is -2.05. The number of alkyl halides is 1. The first kappa shape index (κ1) is 11.8. The van der Waals surface area contributed by atoms with E-state index in [1.165, 1.54) is 0 Å². The van der Waals surface area contributed by atoms with Gasteiger partial charge in [-0.05, 0) is 0 Å². The lowest BCUT2D eigenvalue weighted by Crippen LogP contribution is -2.19. The van der Waals surface area contributed by atoms with Crippen molar-refractivity contribution in [3.05, 3.63) is 11.8 Å². The standard InChI is InChI=1S/C7H10ClNO4/c8-1-2-9-5(3-6(10)11)4-7(12)13/h3,9H,1-2,4H2,(H,10,11)(H,12,13). The summed E-state index contributed by atoms with van der Waals surface area (Å²) in [5.41, 5.74) is 0.139. The number of nitrogens with one attached hydrogen (secondary N) is 1. The van der Waals surface area contributed by atoms with Crippen LogP contribution in [0.1, 0.15) is 6.42 Å². The molecule has 13 heavy (non-hydrogen) atoms. The summed E-state index contributed by atoms with van der Waals surface area (Å²) in [6, 6.07) is 0. The molecule has 3 N–H and O–H groups in total. The van der Waals surface area contributed by atoms with Gasteiger partial charge >= 0.3 is 11.9 Å². The van der Waals surface area contributed by atoms with Crippen LogP contribution < -0.4 is 5.32 Å². The van der Waals surface area contributed by atoms with Gasteiger partial charge in [-0.25, -0.2) is 4.79 Å². The molecule has 0 heterocycles. The second-order valence-electron chi connectivity index (χ2n) is 2.19. The monoisotopic (exact) mass is 207 g/mol. The van der Waals surface area contributed by atoms with Crippen LogP contribution in [0, 0.1) is 0 Å². The second-order valence-corrected chi connectivity index (χ2v) is 2.57. The van der Waals surface area contributed by atoms with Gasteiger partial charge in [0, 0.05) is 24.2 Å². The third-order valence-electron chi connectivity index (χ3n) is 1.09. The van der Waals surface area contributed by atoms with E-state index >= 15 is 0 Å². The molecular weight excluding hydrogens is 198 g/mol. The molecule has 0 amide bonds. The number of carboxylic acids is 2. The van der Waals surface area contributed by atoms with Crippen LogP contribution >= 0.6 is 11.6 Å². The fourth-order valence-electron chi connectivity index (χ4n) is 0.684. The van der Waals surface area contributed by atoms with E-state index in [2.05, 4.69) is 5.32 Å². The van der Waals surface area contributed by atoms with Gasteiger partial charge in [0.25, 0.3) is 0 Å². The SMILES string of the molecule is O=C(O)C=C(CC(=O)O)NCCCl. The minimum absolute atomic E-state index is 0.139. The average molecular weight is 208 g/mol. The number of carbonyl (C=O) groups is 2. The van der Waals surface area contributed by atoms with Crippen molar-refractivity contribution in [3.63, 3.8) is 0 Å². The summed E-state index contributed by atoms with van der Waals surface area (Å²) in [6.45, 7) is 0.341. The van der Waals surface area contributed by atoms with Crippen LogP contribution in [0.2, 0.25) is 0 Å². The summed E-state index contributed by atoms with van der Waals surface area (Å²) < 4.78 is 0. The highest BCUT2D eigenvalue weighted by Gasteiger charge is 2.04. The molecular formula is C7H10ClNO4. The Hall–Kier alpha value is -1.23. The Morgan fingerprint density at radius 1 is 1.38 bits per heavy atom. The molecule has 0 atom stereocenters. The van der Waals surface area contributed by atoms with Crippen molar-refractivity contribution in [2.45, 2.75) is 6.42 Å². The van der Waals surface area contributed by atoms with Gasteiger partial charge < -0.3 is 15.5 Å². The first-order valence-corrected chi connectivity index (χ1v) is 4.05. The molecule has 0 aliphatic rings. The van der Waals surface area contributed by atoms with E-state index in [0.717, 1.165) is 6.08 Å². The van der Waals surface area contributed by atoms with Crippen molar-refractivity contribution in [2.24, 2.45) is 0 Å². The van der Waals surface area contributed by atoms with Gasteiger partial charge in [0.1, 0.15) is 0 Å². The molecule has 0 radical (unpaired) electrons. The maximum Gasteiger partial charge on any atom is 0.330 e. The molecule has 0 bridgehead atoms. The fourth-order valence-corrected chi connectivity index (χ4v) is 0.779. The van der Waals surface area contributed by atoms with Gasteiger partial charge in [-0.3, -0.25) is 4.79 Å². The molecule has 0 saturated heterocycles. The van der Waals surface area contributed by atoms with E-state index in [0.29, 0.717) is 6.54 Å². The van der Waals surface area contributed by atoms with Crippen molar-refractivity contribution < 1.29 is 19.8 Å². The van der Waals surface area contributed by atoms with Gasteiger partial charge in [-0.2, -0.15) is 0 Å². The molecule has 0 aromatic carbocycles. The molecule has 0 aromatic heterocycles. The summed E-state index contributed by atoms with van der Waals surface area (Å²) >= 11 is 5.33. The fraction of sp³-hybridized carbons (Fsp3) is 0.429. The number of hydrogen-bond acceptors (Lipinski definition) is 3. The molecule has 0 saturated carbocycles. The Labute approximate surface area is 80.0 Å². The van der Waals surface area contributed by atoms with Crippen molar-refractivity contribution in [2.75, 3.05) is 12.4 Å². The van der Waals surface area contributed by atoms with Crippen LogP contribution in [0.5, 0.6) is 0 Å². The zero-order valence-electron chi connectivity index (χ0n) is 6.79. The van der Waals surface area contributed by atoms with E-state index in [9.17, 15) is 9.59 Å². The quantitative estimate of drug-likeness (QED) is 0.430. The molecule has 0 spiro atoms. The first-order valence-electron chi connectivity index (χ1n) is 3.51. The van der Waals surface area contributed by atoms with Crippen LogP contribution in [-0.2, 0) is 9.59 Å². The average Bonchev–Trinajstić information content (AvgIpc) is 1.98. The highest BCUT2D eigenvalue weighted by atomic mass is 35.5. The number of aliphatic carboxylic acids is 2. The third-order valence-corrected chi connectivity index (χ3v) is 1.27. The van der Waals surface area contributed by atoms with Crippen LogP contribution in [-0.4, -0.2) is 34.6 Å². The van der Waals surface area contributed by atoms with Gasteiger partial charge in [0.05, 0.1) is 6.42 Å². The number of carboxylic acid groups (broad SMARTS) is 2. The summed E-state index contributed by atoms with van der Waals surface area (Å²) in [4.78, 5) is 20.5. The number of rotatable bonds is 6. The molecule has 6 heteroatoms. The lowest BCUT2D eigenvalue weighted by molar-refractivity contribution is -0.136. The molecule has 74 valence electrons. The Bertz CT molecular complexity index is 227. The highest BCUT2D eigenvalue weighted by Crippen LogP contribution is 1.96. The predicted octanol–water partition coefficient (Wildman–Crippen LogP) is 0.258. The van der Waals surface area contributed by atoms with Gasteiger partial charge in [-0.1, -0.05) is 0 Å². The van der Waals surface area contributed by atoms with E-state index in [1.54, 1.807) is 0 Å². The first-order chi connectivity index (χ1) is 6.06. The maximum atomic E-state index is 10.2. The van der Waals surface area contributed by atoms with Gasteiger partial charge in [-0.15, -0.1) is 11.6 Å². The van der Waals surface area contributed by atoms with Gasteiger partial charge in [0.2, 0.25) is 0 Å². The van der Waals surface area contributed by atoms with E-state index < -0.39 is 11.9 Å². The molecule has 0 fully saturated rings. The van der Waals surface area contributed by atoms with Crippen molar-refractivity contribution in [3.8, 4) is 0 Å². The van der Waals surface area contributed by atoms with E-state index in [4.69, 9.17) is 21.8 Å². The normalized spacial score (nSPS) is 11.0. The minimum atomic E-state index is -1.18. The molecule has 0 aliphatic heterocycles. The number of halogens is 1. The Morgan fingerprint density at radius 3 is 2.38 bits per heavy atom. The summed E-state index contributed by atoms with van der Waals surface area (Å²) in [5.74, 6) is -1.98. The largest absolute Gasteiger partial charge is 0.481 e. The van der Waals surface area contributed by atoms with Gasteiger partial charge in [0.15, 0.2) is 0 Å². The molecule has 0 rings (SSSR count). The van der Waals surface area contributed by atoms with E-state index in [1.807, 2.05) is 0 Å². The lowest BCUT2D eigenvalue weighted by atomic mass is 10.3.